The Morgan fingerprint density at radius 2 is 2.18 bits per heavy atom. The van der Waals surface area contributed by atoms with E-state index < -0.39 is 0 Å². The van der Waals surface area contributed by atoms with Crippen molar-refractivity contribution in [3.8, 4) is 5.75 Å². The second kappa shape index (κ2) is 10.5. The van der Waals surface area contributed by atoms with Crippen LogP contribution in [0.4, 0.5) is 11.6 Å². The van der Waals surface area contributed by atoms with Crippen molar-refractivity contribution in [2.45, 2.75) is 19.8 Å². The monoisotopic (exact) mass is 516 g/mol. The van der Waals surface area contributed by atoms with Crippen molar-refractivity contribution >= 4 is 69.3 Å². The van der Waals surface area contributed by atoms with E-state index in [1.807, 2.05) is 31.4 Å². The maximum atomic E-state index is 13.2. The first-order valence-electron chi connectivity index (χ1n) is 10.3. The summed E-state index contributed by atoms with van der Waals surface area (Å²) in [7, 11) is 1.52. The molecular formula is C23H21ClN4O4S2. The Kier molecular flexibility index (Phi) is 7.40. The lowest BCUT2D eigenvalue weighted by atomic mass is 10.1. The molecule has 8 nitrogen and oxygen atoms in total. The fourth-order valence-corrected chi connectivity index (χ4v) is 4.76. The van der Waals surface area contributed by atoms with Gasteiger partial charge in [-0.1, -0.05) is 48.4 Å². The minimum absolute atomic E-state index is 0.0104. The molecule has 1 aliphatic heterocycles. The number of ether oxygens (including phenoxy) is 1. The number of carbonyl (C=O) groups is 2. The van der Waals surface area contributed by atoms with Crippen LogP contribution in [0.25, 0.3) is 6.08 Å². The molecule has 4 rings (SSSR count). The van der Waals surface area contributed by atoms with E-state index in [1.165, 1.54) is 23.3 Å². The number of anilines is 2. The van der Waals surface area contributed by atoms with Crippen molar-refractivity contribution in [2.24, 2.45) is 4.99 Å². The van der Waals surface area contributed by atoms with E-state index in [1.54, 1.807) is 30.3 Å². The van der Waals surface area contributed by atoms with Gasteiger partial charge in [0.05, 0.1) is 29.3 Å². The number of methoxy groups -OCH3 is 1. The SMILES string of the molecule is COc1ccc(N2C(=O)/C(=C\c3cccs3)N=C2SCC(=O)Nc2cc(C(C)C)no2)cc1Cl. The summed E-state index contributed by atoms with van der Waals surface area (Å²) >= 11 is 8.93. The third-order valence-corrected chi connectivity index (χ3v) is 6.81. The van der Waals surface area contributed by atoms with Crippen LogP contribution in [-0.2, 0) is 9.59 Å². The largest absolute Gasteiger partial charge is 0.495 e. The first kappa shape index (κ1) is 24.1. The molecule has 0 saturated heterocycles. The molecule has 0 saturated carbocycles. The van der Waals surface area contributed by atoms with Gasteiger partial charge < -0.3 is 9.26 Å². The molecule has 2 aromatic heterocycles. The van der Waals surface area contributed by atoms with E-state index in [2.05, 4.69) is 15.5 Å². The molecule has 0 radical (unpaired) electrons. The van der Waals surface area contributed by atoms with Crippen molar-refractivity contribution in [3.05, 3.63) is 63.1 Å². The molecule has 1 N–H and O–H groups in total. The number of aliphatic imine (C=N–C) groups is 1. The number of rotatable bonds is 7. The molecule has 0 aliphatic carbocycles. The summed E-state index contributed by atoms with van der Waals surface area (Å²) in [5.41, 5.74) is 1.54. The number of thiophene rings is 1. The van der Waals surface area contributed by atoms with Crippen molar-refractivity contribution in [2.75, 3.05) is 23.1 Å². The highest BCUT2D eigenvalue weighted by Gasteiger charge is 2.33. The number of hydrogen-bond acceptors (Lipinski definition) is 8. The predicted octanol–water partition coefficient (Wildman–Crippen LogP) is 5.64. The Morgan fingerprint density at radius 3 is 2.82 bits per heavy atom. The molecule has 3 aromatic rings. The Bertz CT molecular complexity index is 1270. The lowest BCUT2D eigenvalue weighted by molar-refractivity contribution is -0.114. The number of aromatic nitrogens is 1. The normalized spacial score (nSPS) is 14.7. The molecule has 2 amide bonds. The second-order valence-electron chi connectivity index (χ2n) is 7.51. The molecule has 0 atom stereocenters. The molecular weight excluding hydrogens is 496 g/mol. The number of amidine groups is 1. The van der Waals surface area contributed by atoms with Gasteiger partial charge in [0.1, 0.15) is 11.4 Å². The number of nitrogens with zero attached hydrogens (tertiary/aromatic N) is 3. The van der Waals surface area contributed by atoms with Crippen LogP contribution in [0.1, 0.15) is 30.3 Å². The quantitative estimate of drug-likeness (QED) is 0.408. The molecule has 1 aromatic carbocycles. The van der Waals surface area contributed by atoms with Gasteiger partial charge in [0.25, 0.3) is 5.91 Å². The topological polar surface area (TPSA) is 97.0 Å². The molecule has 176 valence electrons. The van der Waals surface area contributed by atoms with Gasteiger partial charge in [-0.3, -0.25) is 19.8 Å². The zero-order valence-electron chi connectivity index (χ0n) is 18.6. The highest BCUT2D eigenvalue weighted by Crippen LogP contribution is 2.34. The Morgan fingerprint density at radius 1 is 1.35 bits per heavy atom. The molecule has 0 bridgehead atoms. The van der Waals surface area contributed by atoms with E-state index in [0.29, 0.717) is 21.6 Å². The lowest BCUT2D eigenvalue weighted by Crippen LogP contribution is -2.31. The molecule has 0 fully saturated rings. The average Bonchev–Trinajstić information content (AvgIpc) is 3.54. The predicted molar refractivity (Wildman–Crippen MR) is 137 cm³/mol. The first-order valence-corrected chi connectivity index (χ1v) is 12.5. The third-order valence-electron chi connectivity index (χ3n) is 4.76. The number of hydrogen-bond donors (Lipinski definition) is 1. The van der Waals surface area contributed by atoms with Gasteiger partial charge >= 0.3 is 0 Å². The fraction of sp³-hybridized carbons (Fsp3) is 0.217. The van der Waals surface area contributed by atoms with Crippen LogP contribution in [0.3, 0.4) is 0 Å². The summed E-state index contributed by atoms with van der Waals surface area (Å²) in [5, 5.41) is 9.26. The molecule has 11 heteroatoms. The number of halogens is 1. The van der Waals surface area contributed by atoms with Crippen LogP contribution in [0.5, 0.6) is 5.75 Å². The summed E-state index contributed by atoms with van der Waals surface area (Å²) in [6, 6.07) is 10.5. The minimum Gasteiger partial charge on any atom is -0.495 e. The number of carbonyl (C=O) groups excluding carboxylic acids is 2. The van der Waals surface area contributed by atoms with E-state index in [-0.39, 0.29) is 35.1 Å². The summed E-state index contributed by atoms with van der Waals surface area (Å²) in [6.07, 6.45) is 1.72. The van der Waals surface area contributed by atoms with Crippen LogP contribution in [-0.4, -0.2) is 35.0 Å². The molecule has 1 aliphatic rings. The van der Waals surface area contributed by atoms with E-state index in [0.717, 1.165) is 22.3 Å². The Balaban J connectivity index is 1.55. The smallest absolute Gasteiger partial charge is 0.283 e. The van der Waals surface area contributed by atoms with Gasteiger partial charge in [-0.25, -0.2) is 4.99 Å². The molecule has 34 heavy (non-hydrogen) atoms. The minimum atomic E-state index is -0.311. The standard InChI is InChI=1S/C23H21ClN4O4S2/c1-13(2)17-11-21(32-27-17)26-20(29)12-34-23-25-18(10-15-5-4-8-33-15)22(30)28(23)14-6-7-19(31-3)16(24)9-14/h4-11,13H,12H2,1-3H3,(H,26,29)/b18-10+. The van der Waals surface area contributed by atoms with E-state index in [9.17, 15) is 9.59 Å². The van der Waals surface area contributed by atoms with Crippen molar-refractivity contribution in [1.29, 1.82) is 0 Å². The number of thioether (sulfide) groups is 1. The van der Waals surface area contributed by atoms with Crippen LogP contribution in [0.2, 0.25) is 5.02 Å². The zero-order chi connectivity index (χ0) is 24.2. The van der Waals surface area contributed by atoms with Gasteiger partial charge in [0, 0.05) is 10.9 Å². The highest BCUT2D eigenvalue weighted by molar-refractivity contribution is 8.14. The Hall–Kier alpha value is -3.08. The second-order valence-corrected chi connectivity index (χ2v) is 9.84. The van der Waals surface area contributed by atoms with Crippen molar-refractivity contribution < 1.29 is 18.8 Å². The lowest BCUT2D eigenvalue weighted by Gasteiger charge is -2.18. The number of amides is 2. The van der Waals surface area contributed by atoms with Gasteiger partial charge in [-0.15, -0.1) is 11.3 Å². The van der Waals surface area contributed by atoms with Gasteiger partial charge in [0.2, 0.25) is 11.8 Å². The maximum Gasteiger partial charge on any atom is 0.283 e. The number of benzene rings is 1. The van der Waals surface area contributed by atoms with Gasteiger partial charge in [-0.05, 0) is 41.6 Å². The molecule has 0 spiro atoms. The molecule has 0 unspecified atom stereocenters. The average molecular weight is 517 g/mol. The highest BCUT2D eigenvalue weighted by atomic mass is 35.5. The van der Waals surface area contributed by atoms with E-state index >= 15 is 0 Å². The fourth-order valence-electron chi connectivity index (χ4n) is 3.05. The zero-order valence-corrected chi connectivity index (χ0v) is 21.0. The van der Waals surface area contributed by atoms with Gasteiger partial charge in [0.15, 0.2) is 5.17 Å². The summed E-state index contributed by atoms with van der Waals surface area (Å²) < 4.78 is 10.4. The maximum absolute atomic E-state index is 13.2. The Labute approximate surface area is 209 Å². The van der Waals surface area contributed by atoms with Crippen LogP contribution in [0.15, 0.2) is 57.0 Å². The first-order chi connectivity index (χ1) is 16.4. The van der Waals surface area contributed by atoms with Gasteiger partial charge in [-0.2, -0.15) is 0 Å². The van der Waals surface area contributed by atoms with Crippen LogP contribution < -0.4 is 15.0 Å². The van der Waals surface area contributed by atoms with Crippen LogP contribution >= 0.6 is 34.7 Å². The van der Waals surface area contributed by atoms with E-state index in [4.69, 9.17) is 20.9 Å². The summed E-state index contributed by atoms with van der Waals surface area (Å²) in [6.45, 7) is 3.96. The molecule has 3 heterocycles. The summed E-state index contributed by atoms with van der Waals surface area (Å²) in [5.74, 6) is 0.335. The number of nitrogens with one attached hydrogen (secondary N) is 1. The summed E-state index contributed by atoms with van der Waals surface area (Å²) in [4.78, 5) is 32.6. The third kappa shape index (κ3) is 5.35. The van der Waals surface area contributed by atoms with Crippen molar-refractivity contribution in [3.63, 3.8) is 0 Å². The van der Waals surface area contributed by atoms with Crippen LogP contribution in [0, 0.1) is 0 Å². The van der Waals surface area contributed by atoms with Crippen molar-refractivity contribution in [1.82, 2.24) is 5.16 Å².